The van der Waals surface area contributed by atoms with Crippen molar-refractivity contribution < 1.29 is 24.2 Å². The van der Waals surface area contributed by atoms with Gasteiger partial charge in [0.15, 0.2) is 0 Å². The van der Waals surface area contributed by atoms with Crippen LogP contribution in [0.2, 0.25) is 0 Å². The highest BCUT2D eigenvalue weighted by molar-refractivity contribution is 5.82. The average Bonchev–Trinajstić information content (AvgIpc) is 2.69. The van der Waals surface area contributed by atoms with Gasteiger partial charge in [-0.05, 0) is 30.9 Å². The molecule has 8 nitrogen and oxygen atoms in total. The van der Waals surface area contributed by atoms with Gasteiger partial charge in [0.05, 0.1) is 13.2 Å². The van der Waals surface area contributed by atoms with E-state index in [0.717, 1.165) is 23.4 Å². The summed E-state index contributed by atoms with van der Waals surface area (Å²) in [6.07, 6.45) is 7.10. The summed E-state index contributed by atoms with van der Waals surface area (Å²) in [6.45, 7) is 3.78. The summed E-state index contributed by atoms with van der Waals surface area (Å²) in [7, 11) is 0. The number of hydrazine groups is 1. The number of carbonyl (C=O) groups is 3. The van der Waals surface area contributed by atoms with Crippen LogP contribution in [-0.4, -0.2) is 41.4 Å². The number of carbonyl (C=O) groups excluding carboxylic acids is 2. The molecule has 0 unspecified atom stereocenters. The summed E-state index contributed by atoms with van der Waals surface area (Å²) in [6, 6.07) is 7.02. The minimum atomic E-state index is -1.36. The van der Waals surface area contributed by atoms with Gasteiger partial charge in [-0.25, -0.2) is 20.0 Å². The van der Waals surface area contributed by atoms with Crippen molar-refractivity contribution in [1.82, 2.24) is 15.8 Å². The average molecular weight is 408 g/mol. The number of aryl methyl sites for hydroxylation is 1. The number of urea groups is 1. The van der Waals surface area contributed by atoms with Crippen LogP contribution in [0.1, 0.15) is 63.5 Å². The first-order valence-corrected chi connectivity index (χ1v) is 10.2. The number of rotatable bonds is 12. The Balaban J connectivity index is 2.52. The Bertz CT molecular complexity index is 634. The third kappa shape index (κ3) is 11.0. The quantitative estimate of drug-likeness (QED) is 0.277. The zero-order chi connectivity index (χ0) is 21.5. The van der Waals surface area contributed by atoms with E-state index in [1.807, 2.05) is 29.7 Å². The maximum absolute atomic E-state index is 12.2. The van der Waals surface area contributed by atoms with Crippen LogP contribution in [0.4, 0.5) is 9.59 Å². The highest BCUT2D eigenvalue weighted by Gasteiger charge is 2.17. The fraction of sp³-hybridized carbons (Fsp3) is 0.571. The van der Waals surface area contributed by atoms with Crippen LogP contribution in [0.25, 0.3) is 0 Å². The van der Waals surface area contributed by atoms with Gasteiger partial charge in [0.25, 0.3) is 0 Å². The van der Waals surface area contributed by atoms with E-state index in [1.165, 1.54) is 37.7 Å². The van der Waals surface area contributed by atoms with Gasteiger partial charge in [0.2, 0.25) is 0 Å². The Morgan fingerprint density at radius 2 is 1.59 bits per heavy atom. The molecule has 0 spiro atoms. The maximum Gasteiger partial charge on any atom is 0.423 e. The lowest BCUT2D eigenvalue weighted by Gasteiger charge is -2.22. The third-order valence-corrected chi connectivity index (χ3v) is 4.35. The lowest BCUT2D eigenvalue weighted by Crippen LogP contribution is -2.50. The lowest BCUT2D eigenvalue weighted by atomic mass is 10.0. The van der Waals surface area contributed by atoms with Gasteiger partial charge in [-0.15, -0.1) is 0 Å². The number of amides is 3. The normalized spacial score (nSPS) is 10.3. The summed E-state index contributed by atoms with van der Waals surface area (Å²) in [5.74, 6) is -0.588. The second kappa shape index (κ2) is 14.3. The fourth-order valence-electron chi connectivity index (χ4n) is 2.84. The summed E-state index contributed by atoms with van der Waals surface area (Å²) in [5, 5.41) is 12.2. The highest BCUT2D eigenvalue weighted by Crippen LogP contribution is 2.12. The number of carboxylic acid groups (broad SMARTS) is 1. The third-order valence-electron chi connectivity index (χ3n) is 4.35. The second-order valence-corrected chi connectivity index (χ2v) is 6.80. The molecular weight excluding hydrogens is 374 g/mol. The van der Waals surface area contributed by atoms with Crippen molar-refractivity contribution in [3.8, 4) is 0 Å². The van der Waals surface area contributed by atoms with Crippen molar-refractivity contribution in [2.75, 3.05) is 13.2 Å². The molecule has 1 rings (SSSR count). The molecule has 8 heteroatoms. The monoisotopic (exact) mass is 407 g/mol. The molecule has 162 valence electrons. The Morgan fingerprint density at radius 1 is 0.966 bits per heavy atom. The Labute approximate surface area is 172 Å². The molecule has 0 fully saturated rings. The Kier molecular flexibility index (Phi) is 11.9. The van der Waals surface area contributed by atoms with E-state index in [0.29, 0.717) is 0 Å². The van der Waals surface area contributed by atoms with E-state index in [2.05, 4.69) is 12.2 Å². The van der Waals surface area contributed by atoms with Gasteiger partial charge in [-0.1, -0.05) is 63.3 Å². The molecule has 0 bridgehead atoms. The smallest absolute Gasteiger partial charge is 0.423 e. The molecular formula is C21H33N3O5. The van der Waals surface area contributed by atoms with Crippen LogP contribution in [0.15, 0.2) is 24.3 Å². The van der Waals surface area contributed by atoms with Gasteiger partial charge < -0.3 is 15.2 Å². The molecule has 0 radical (unpaired) electrons. The van der Waals surface area contributed by atoms with Crippen LogP contribution in [-0.2, 0) is 22.5 Å². The lowest BCUT2D eigenvalue weighted by molar-refractivity contribution is -0.141. The van der Waals surface area contributed by atoms with Crippen LogP contribution < -0.4 is 10.7 Å². The summed E-state index contributed by atoms with van der Waals surface area (Å²) >= 11 is 0. The molecule has 1 aromatic rings. The molecule has 0 aliphatic carbocycles. The fourth-order valence-corrected chi connectivity index (χ4v) is 2.84. The molecule has 0 aliphatic rings. The van der Waals surface area contributed by atoms with E-state index in [1.54, 1.807) is 6.92 Å². The SMILES string of the molecule is CCCCCCCCc1ccc(CN(NC(=O)O)C(=O)NCC(=O)OCC)cc1. The topological polar surface area (TPSA) is 108 Å². The predicted molar refractivity (Wildman–Crippen MR) is 110 cm³/mol. The number of ether oxygens (including phenoxy) is 1. The molecule has 3 N–H and O–H groups in total. The molecule has 3 amide bonds. The first-order valence-electron chi connectivity index (χ1n) is 10.2. The van der Waals surface area contributed by atoms with E-state index in [-0.39, 0.29) is 19.7 Å². The van der Waals surface area contributed by atoms with Gasteiger partial charge in [0.1, 0.15) is 6.54 Å². The van der Waals surface area contributed by atoms with Crippen molar-refractivity contribution in [3.05, 3.63) is 35.4 Å². The molecule has 0 aromatic heterocycles. The minimum Gasteiger partial charge on any atom is -0.465 e. The molecule has 0 heterocycles. The first-order chi connectivity index (χ1) is 14.0. The number of unbranched alkanes of at least 4 members (excludes halogenated alkanes) is 5. The summed E-state index contributed by atoms with van der Waals surface area (Å²) in [4.78, 5) is 34.5. The number of nitrogens with zero attached hydrogens (tertiary/aromatic N) is 1. The molecule has 1 aromatic carbocycles. The van der Waals surface area contributed by atoms with Crippen LogP contribution >= 0.6 is 0 Å². The zero-order valence-corrected chi connectivity index (χ0v) is 17.4. The van der Waals surface area contributed by atoms with Crippen molar-refractivity contribution in [2.24, 2.45) is 0 Å². The van der Waals surface area contributed by atoms with Crippen molar-refractivity contribution in [3.63, 3.8) is 0 Å². The van der Waals surface area contributed by atoms with Gasteiger partial charge in [-0.3, -0.25) is 4.79 Å². The number of hydrogen-bond donors (Lipinski definition) is 3. The molecule has 29 heavy (non-hydrogen) atoms. The molecule has 0 saturated heterocycles. The van der Waals surface area contributed by atoms with E-state index in [4.69, 9.17) is 9.84 Å². The van der Waals surface area contributed by atoms with Crippen LogP contribution in [0, 0.1) is 0 Å². The van der Waals surface area contributed by atoms with Crippen molar-refractivity contribution in [1.29, 1.82) is 0 Å². The Morgan fingerprint density at radius 3 is 2.21 bits per heavy atom. The molecule has 0 atom stereocenters. The van der Waals surface area contributed by atoms with Gasteiger partial charge in [-0.2, -0.15) is 0 Å². The second-order valence-electron chi connectivity index (χ2n) is 6.80. The number of nitrogens with one attached hydrogen (secondary N) is 2. The van der Waals surface area contributed by atoms with Crippen molar-refractivity contribution in [2.45, 2.75) is 65.3 Å². The van der Waals surface area contributed by atoms with E-state index >= 15 is 0 Å². The van der Waals surface area contributed by atoms with Crippen LogP contribution in [0.5, 0.6) is 0 Å². The maximum atomic E-state index is 12.2. The number of hydrogen-bond acceptors (Lipinski definition) is 4. The van der Waals surface area contributed by atoms with Gasteiger partial charge in [0, 0.05) is 0 Å². The first kappa shape index (κ1) is 24.3. The minimum absolute atomic E-state index is 0.0399. The summed E-state index contributed by atoms with van der Waals surface area (Å²) < 4.78 is 4.74. The highest BCUT2D eigenvalue weighted by atomic mass is 16.5. The Hall–Kier alpha value is -2.77. The van der Waals surface area contributed by atoms with Crippen LogP contribution in [0.3, 0.4) is 0 Å². The number of benzene rings is 1. The predicted octanol–water partition coefficient (Wildman–Crippen LogP) is 3.85. The van der Waals surface area contributed by atoms with Gasteiger partial charge >= 0.3 is 18.1 Å². The molecule has 0 saturated carbocycles. The van der Waals surface area contributed by atoms with E-state index in [9.17, 15) is 14.4 Å². The summed E-state index contributed by atoms with van der Waals surface area (Å²) in [5.41, 5.74) is 4.03. The number of esters is 1. The van der Waals surface area contributed by atoms with Crippen molar-refractivity contribution >= 4 is 18.1 Å². The standard InChI is InChI=1S/C21H33N3O5/c1-3-5-6-7-8-9-10-17-11-13-18(14-12-17)16-24(23-21(27)28)20(26)22-15-19(25)29-4-2/h11-14,23H,3-10,15-16H2,1-2H3,(H,22,26)(H,27,28). The largest absolute Gasteiger partial charge is 0.465 e. The van der Waals surface area contributed by atoms with E-state index < -0.39 is 18.1 Å². The zero-order valence-electron chi connectivity index (χ0n) is 17.4. The molecule has 0 aliphatic heterocycles.